The van der Waals surface area contributed by atoms with Crippen LogP contribution in [0.15, 0.2) is 96.2 Å². The summed E-state index contributed by atoms with van der Waals surface area (Å²) >= 11 is 1.83. The van der Waals surface area contributed by atoms with E-state index in [4.69, 9.17) is 5.73 Å². The van der Waals surface area contributed by atoms with Gasteiger partial charge in [-0.15, -0.1) is 0 Å². The van der Waals surface area contributed by atoms with E-state index in [9.17, 15) is 38.4 Å². The van der Waals surface area contributed by atoms with Crippen LogP contribution in [0.2, 0.25) is 0 Å². The van der Waals surface area contributed by atoms with Crippen LogP contribution in [0.25, 0.3) is 21.8 Å². The Balaban J connectivity index is 0.979. The number of fused-ring (bicyclic) bond motifs is 3. The molecule has 19 heteroatoms. The maximum Gasteiger partial charge on any atom is 0.315 e. The highest BCUT2D eigenvalue weighted by Gasteiger charge is 2.43. The number of ketones is 4. The molecule has 2 aromatic heterocycles. The average Bonchev–Trinajstić information content (AvgIpc) is 4.37. The van der Waals surface area contributed by atoms with Gasteiger partial charge in [-0.1, -0.05) is 80.1 Å². The minimum Gasteiger partial charge on any atom is -0.361 e. The summed E-state index contributed by atoms with van der Waals surface area (Å²) in [7, 11) is 0. The third-order valence-electron chi connectivity index (χ3n) is 15.7. The summed E-state index contributed by atoms with van der Waals surface area (Å²) < 4.78 is 0. The van der Waals surface area contributed by atoms with E-state index >= 15 is 0 Å². The SMILES string of the molecule is CC(=O)C(CCCCN)NC(=O)C(CC(=O)C(Cc1c[nH]c2ccccc12)NC(=O)C(C)CC(=O)C(Cc1c[nH]c2ccccc12)NC(=O)C(CC(=O)CCCCC1SCC2NC(=O)NC21)CC1=NCNC1)Cc1ccccc1. The molecule has 3 aliphatic heterocycles. The Morgan fingerprint density at radius 1 is 0.684 bits per heavy atom. The van der Waals surface area contributed by atoms with Crippen LogP contribution >= 0.6 is 11.8 Å². The third-order valence-corrected chi connectivity index (χ3v) is 17.2. The van der Waals surface area contributed by atoms with Crippen LogP contribution in [0.3, 0.4) is 0 Å². The fraction of sp³-hybridized carbons (Fsp3) is 0.483. The number of aromatic amines is 2. The first-order valence-corrected chi connectivity index (χ1v) is 29.0. The molecule has 2 saturated heterocycles. The van der Waals surface area contributed by atoms with Gasteiger partial charge < -0.3 is 42.3 Å². The molecule has 0 bridgehead atoms. The van der Waals surface area contributed by atoms with Crippen LogP contribution in [0.5, 0.6) is 0 Å². The molecule has 10 N–H and O–H groups in total. The average molecular weight is 1100 g/mol. The molecule has 5 aromatic rings. The van der Waals surface area contributed by atoms with Crippen molar-refractivity contribution in [2.75, 3.05) is 25.5 Å². The summed E-state index contributed by atoms with van der Waals surface area (Å²) in [5.41, 5.74) is 10.6. The van der Waals surface area contributed by atoms with Gasteiger partial charge in [-0.3, -0.25) is 43.9 Å². The number of benzene rings is 3. The van der Waals surface area contributed by atoms with Gasteiger partial charge in [0.1, 0.15) is 5.78 Å². The molecule has 9 atom stereocenters. The van der Waals surface area contributed by atoms with Crippen LogP contribution in [0.1, 0.15) is 101 Å². The van der Waals surface area contributed by atoms with Crippen molar-refractivity contribution in [3.8, 4) is 0 Å². The second-order valence-corrected chi connectivity index (χ2v) is 22.9. The molecule has 0 saturated carbocycles. The predicted octanol–water partition coefficient (Wildman–Crippen LogP) is 5.71. The van der Waals surface area contributed by atoms with E-state index in [1.165, 1.54) is 6.92 Å². The number of Topliss-reactive ketones (excluding diaryl/α,β-unsaturated/α-hetero) is 4. The summed E-state index contributed by atoms with van der Waals surface area (Å²) in [5, 5.41) is 20.1. The lowest BCUT2D eigenvalue weighted by Gasteiger charge is -2.25. The zero-order chi connectivity index (χ0) is 55.8. The Bertz CT molecular complexity index is 2990. The van der Waals surface area contributed by atoms with Crippen molar-refractivity contribution in [3.63, 3.8) is 0 Å². The van der Waals surface area contributed by atoms with Crippen LogP contribution < -0.4 is 37.6 Å². The number of carbonyl (C=O) groups excluding carboxylic acids is 8. The lowest BCUT2D eigenvalue weighted by molar-refractivity contribution is -0.135. The molecule has 0 spiro atoms. The Hall–Kier alpha value is -6.96. The number of aliphatic imine (C=N–C) groups is 1. The molecule has 5 heterocycles. The number of para-hydroxylation sites is 2. The number of hydrogen-bond donors (Lipinski definition) is 9. The van der Waals surface area contributed by atoms with E-state index < -0.39 is 65.2 Å². The second kappa shape index (κ2) is 28.3. The predicted molar refractivity (Wildman–Crippen MR) is 307 cm³/mol. The Morgan fingerprint density at radius 3 is 1.92 bits per heavy atom. The fourth-order valence-corrected chi connectivity index (χ4v) is 12.7. The number of carbonyl (C=O) groups is 8. The van der Waals surface area contributed by atoms with Crippen LogP contribution in [0, 0.1) is 17.8 Å². The highest BCUT2D eigenvalue weighted by molar-refractivity contribution is 8.00. The van der Waals surface area contributed by atoms with Crippen molar-refractivity contribution in [1.82, 2.24) is 41.9 Å². The number of rotatable bonds is 32. The van der Waals surface area contributed by atoms with Gasteiger partial charge in [0, 0.05) is 108 Å². The van der Waals surface area contributed by atoms with Crippen LogP contribution in [-0.2, 0) is 52.8 Å². The third kappa shape index (κ3) is 16.1. The summed E-state index contributed by atoms with van der Waals surface area (Å²) in [6, 6.07) is 21.7. The van der Waals surface area contributed by atoms with E-state index in [1.807, 2.05) is 96.8 Å². The van der Waals surface area contributed by atoms with Crippen molar-refractivity contribution < 1.29 is 38.4 Å². The number of nitrogens with one attached hydrogen (secondary N) is 8. The van der Waals surface area contributed by atoms with Crippen molar-refractivity contribution in [2.24, 2.45) is 28.5 Å². The standard InChI is InChI=1S/C60H76N10O8S/c1-36(57(75)67-51(29-42-32-64-49-21-10-8-18-46(42)49)54(74)30-39(25-38-14-4-3-5-15-38)58(76)66-47(37(2)71)19-12-13-23-61)24-53(73)50(28-41-31-63-48-20-9-7-17-45(41)48)68-59(77)40(26-43-33-62-35-65-43)27-44(72)16-6-11-22-55-56-52(34-79-55)69-60(78)70-56/h3-5,7-10,14-15,17-18,20-21,31-32,36,39-40,47,50-52,55-56,62-64H,6,11-13,16,19,22-30,33-35,61H2,1-2H3,(H,66,76)(H,67,75)(H,68,77)(H2,69,70,78). The molecule has 9 unspecified atom stereocenters. The second-order valence-electron chi connectivity index (χ2n) is 21.7. The number of nitrogens with two attached hydrogens (primary N) is 1. The van der Waals surface area contributed by atoms with Crippen molar-refractivity contribution in [1.29, 1.82) is 0 Å². The van der Waals surface area contributed by atoms with E-state index in [0.717, 1.165) is 62.8 Å². The minimum absolute atomic E-state index is 0.0354. The van der Waals surface area contributed by atoms with Crippen molar-refractivity contribution in [2.45, 2.75) is 139 Å². The number of H-pyrrole nitrogens is 2. The van der Waals surface area contributed by atoms with Crippen LogP contribution in [0.4, 0.5) is 4.79 Å². The van der Waals surface area contributed by atoms with E-state index in [1.54, 1.807) is 13.1 Å². The first kappa shape index (κ1) is 58.2. The largest absolute Gasteiger partial charge is 0.361 e. The zero-order valence-corrected chi connectivity index (χ0v) is 46.1. The number of hydrogen-bond acceptors (Lipinski definition) is 12. The summed E-state index contributed by atoms with van der Waals surface area (Å²) in [5.74, 6) is -4.33. The van der Waals surface area contributed by atoms with Gasteiger partial charge in [0.2, 0.25) is 17.7 Å². The molecule has 18 nitrogen and oxygen atoms in total. The smallest absolute Gasteiger partial charge is 0.315 e. The summed E-state index contributed by atoms with van der Waals surface area (Å²) in [6.45, 7) is 4.38. The molecule has 420 valence electrons. The van der Waals surface area contributed by atoms with Gasteiger partial charge in [-0.25, -0.2) is 4.79 Å². The van der Waals surface area contributed by atoms with Gasteiger partial charge in [0.25, 0.3) is 0 Å². The van der Waals surface area contributed by atoms with Crippen molar-refractivity contribution >= 4 is 86.2 Å². The number of thioether (sulfide) groups is 1. The fourth-order valence-electron chi connectivity index (χ4n) is 11.2. The van der Waals surface area contributed by atoms with E-state index in [0.29, 0.717) is 45.4 Å². The molecule has 79 heavy (non-hydrogen) atoms. The monoisotopic (exact) mass is 1100 g/mol. The zero-order valence-electron chi connectivity index (χ0n) is 45.3. The van der Waals surface area contributed by atoms with E-state index in [-0.39, 0.29) is 86.3 Å². The molecule has 5 amide bonds. The number of urea groups is 1. The Labute approximate surface area is 465 Å². The molecule has 2 fully saturated rings. The summed E-state index contributed by atoms with van der Waals surface area (Å²) in [4.78, 5) is 122. The number of amides is 5. The lowest BCUT2D eigenvalue weighted by Crippen LogP contribution is -2.49. The van der Waals surface area contributed by atoms with Crippen LogP contribution in [-0.4, -0.2) is 124 Å². The normalized spacial score (nSPS) is 19.1. The number of unbranched alkanes of at least 4 members (excludes halogenated alkanes) is 2. The first-order chi connectivity index (χ1) is 38.2. The van der Waals surface area contributed by atoms with E-state index in [2.05, 4.69) is 46.9 Å². The minimum atomic E-state index is -1.11. The quantitative estimate of drug-likeness (QED) is 0.0186. The topological polar surface area (TPSA) is 279 Å². The molecule has 8 rings (SSSR count). The maximum absolute atomic E-state index is 14.8. The van der Waals surface area contributed by atoms with Gasteiger partial charge >= 0.3 is 6.03 Å². The molecule has 3 aliphatic rings. The molecule has 0 aliphatic carbocycles. The Morgan fingerprint density at radius 2 is 1.29 bits per heavy atom. The number of nitrogens with zero attached hydrogens (tertiary/aromatic N) is 1. The maximum atomic E-state index is 14.8. The molecular weight excluding hydrogens is 1020 g/mol. The van der Waals surface area contributed by atoms with Gasteiger partial charge in [-0.05, 0) is 87.2 Å². The summed E-state index contributed by atoms with van der Waals surface area (Å²) in [6.07, 6.45) is 7.98. The van der Waals surface area contributed by atoms with Gasteiger partial charge in [0.05, 0.1) is 42.8 Å². The highest BCUT2D eigenvalue weighted by Crippen LogP contribution is 2.33. The van der Waals surface area contributed by atoms with Gasteiger partial charge in [-0.2, -0.15) is 11.8 Å². The molecular formula is C60H76N10O8S. The van der Waals surface area contributed by atoms with Crippen molar-refractivity contribution in [3.05, 3.63) is 108 Å². The number of aromatic nitrogens is 2. The van der Waals surface area contributed by atoms with Gasteiger partial charge in [0.15, 0.2) is 17.3 Å². The first-order valence-electron chi connectivity index (χ1n) is 28.0. The Kier molecular flexibility index (Phi) is 20.8. The molecule has 0 radical (unpaired) electrons. The molecule has 3 aromatic carbocycles. The highest BCUT2D eigenvalue weighted by atomic mass is 32.2. The lowest BCUT2D eigenvalue weighted by atomic mass is 9.88.